The quantitative estimate of drug-likeness (QED) is 0.642. The second kappa shape index (κ2) is 9.72. The maximum Gasteiger partial charge on any atom is 0.173 e. The third-order valence-corrected chi connectivity index (χ3v) is 6.16. The van der Waals surface area contributed by atoms with Crippen LogP contribution < -0.4 is 9.47 Å². The number of likely N-dealkylation sites (N-methyl/N-ethyl adjacent to an activating group) is 1. The van der Waals surface area contributed by atoms with Crippen molar-refractivity contribution in [2.24, 2.45) is 0 Å². The first-order chi connectivity index (χ1) is 14.7. The van der Waals surface area contributed by atoms with Crippen LogP contribution in [0.25, 0.3) is 0 Å². The van der Waals surface area contributed by atoms with Crippen LogP contribution in [0.5, 0.6) is 11.5 Å². The Hall–Kier alpha value is -2.23. The lowest BCUT2D eigenvalue weighted by Gasteiger charge is -2.39. The van der Waals surface area contributed by atoms with E-state index >= 15 is 0 Å². The second-order valence-electron chi connectivity index (χ2n) is 7.83. The fraction of sp³-hybridized carbons (Fsp3) is 0.667. The van der Waals surface area contributed by atoms with E-state index in [1.54, 1.807) is 14.2 Å². The van der Waals surface area contributed by atoms with Crippen LogP contribution in [0, 0.1) is 0 Å². The number of hydrogen-bond donors (Lipinski definition) is 0. The van der Waals surface area contributed by atoms with Crippen LogP contribution in [-0.2, 0) is 11.3 Å². The summed E-state index contributed by atoms with van der Waals surface area (Å²) < 4.78 is 19.0. The van der Waals surface area contributed by atoms with Crippen molar-refractivity contribution in [2.75, 3.05) is 53.6 Å². The molecule has 1 aromatic carbocycles. The molecule has 0 unspecified atom stereocenters. The molecule has 2 aromatic rings. The van der Waals surface area contributed by atoms with Gasteiger partial charge in [-0.3, -0.25) is 4.90 Å². The summed E-state index contributed by atoms with van der Waals surface area (Å²) in [4.78, 5) is 4.91. The van der Waals surface area contributed by atoms with Gasteiger partial charge in [-0.1, -0.05) is 6.92 Å². The highest BCUT2D eigenvalue weighted by atomic mass is 16.5. The van der Waals surface area contributed by atoms with Crippen LogP contribution in [0.1, 0.15) is 37.2 Å². The Morgan fingerprint density at radius 1 is 1.17 bits per heavy atom. The van der Waals surface area contributed by atoms with E-state index in [4.69, 9.17) is 14.2 Å². The van der Waals surface area contributed by atoms with Crippen molar-refractivity contribution < 1.29 is 14.2 Å². The fourth-order valence-corrected chi connectivity index (χ4v) is 4.41. The van der Waals surface area contributed by atoms with E-state index in [1.165, 1.54) is 0 Å². The molecule has 9 heteroatoms. The lowest BCUT2D eigenvalue weighted by Crippen LogP contribution is -2.48. The molecule has 2 fully saturated rings. The molecule has 0 spiro atoms. The summed E-state index contributed by atoms with van der Waals surface area (Å²) in [6.45, 7) is 8.67. The van der Waals surface area contributed by atoms with Crippen LogP contribution in [0.15, 0.2) is 18.2 Å². The number of tetrazole rings is 1. The summed E-state index contributed by atoms with van der Waals surface area (Å²) >= 11 is 0. The van der Waals surface area contributed by atoms with Crippen molar-refractivity contribution in [3.05, 3.63) is 29.6 Å². The maximum absolute atomic E-state index is 5.84. The highest BCUT2D eigenvalue weighted by Gasteiger charge is 2.33. The lowest BCUT2D eigenvalue weighted by atomic mass is 10.0. The van der Waals surface area contributed by atoms with E-state index < -0.39 is 0 Å². The third kappa shape index (κ3) is 4.43. The Morgan fingerprint density at radius 3 is 2.67 bits per heavy atom. The number of benzene rings is 1. The van der Waals surface area contributed by atoms with E-state index in [1.807, 2.05) is 22.9 Å². The maximum atomic E-state index is 5.84. The summed E-state index contributed by atoms with van der Waals surface area (Å²) in [6, 6.07) is 5.80. The van der Waals surface area contributed by atoms with Gasteiger partial charge in [0.1, 0.15) is 17.5 Å². The van der Waals surface area contributed by atoms with Crippen LogP contribution >= 0.6 is 0 Å². The first kappa shape index (κ1) is 21.0. The number of nitrogens with zero attached hydrogens (tertiary/aromatic N) is 6. The summed E-state index contributed by atoms with van der Waals surface area (Å²) in [5.74, 6) is 2.42. The molecule has 164 valence electrons. The molecule has 3 heterocycles. The van der Waals surface area contributed by atoms with E-state index in [2.05, 4.69) is 32.2 Å². The number of aromatic nitrogens is 4. The predicted octanol–water partition coefficient (Wildman–Crippen LogP) is 1.60. The summed E-state index contributed by atoms with van der Waals surface area (Å²) in [5.41, 5.74) is 1.02. The minimum atomic E-state index is -0.120. The van der Waals surface area contributed by atoms with E-state index in [9.17, 15) is 0 Å². The highest BCUT2D eigenvalue weighted by molar-refractivity contribution is 5.44. The van der Waals surface area contributed by atoms with Gasteiger partial charge in [-0.05, 0) is 48.0 Å². The number of piperazine rings is 1. The molecular weight excluding hydrogens is 384 g/mol. The van der Waals surface area contributed by atoms with Crippen LogP contribution in [-0.4, -0.2) is 89.7 Å². The Labute approximate surface area is 177 Å². The largest absolute Gasteiger partial charge is 0.497 e. The van der Waals surface area contributed by atoms with Gasteiger partial charge in [0.25, 0.3) is 0 Å². The zero-order valence-corrected chi connectivity index (χ0v) is 18.2. The van der Waals surface area contributed by atoms with Gasteiger partial charge in [-0.2, -0.15) is 0 Å². The molecule has 2 atom stereocenters. The van der Waals surface area contributed by atoms with Gasteiger partial charge < -0.3 is 19.1 Å². The summed E-state index contributed by atoms with van der Waals surface area (Å²) in [5, 5.41) is 12.8. The van der Waals surface area contributed by atoms with Crippen LogP contribution in [0.2, 0.25) is 0 Å². The first-order valence-corrected chi connectivity index (χ1v) is 10.8. The molecule has 0 radical (unpaired) electrons. The second-order valence-corrected chi connectivity index (χ2v) is 7.83. The molecule has 0 aliphatic carbocycles. The van der Waals surface area contributed by atoms with Gasteiger partial charge in [0.15, 0.2) is 5.82 Å². The average Bonchev–Trinajstić information content (AvgIpc) is 3.47. The molecule has 1 aromatic heterocycles. The molecule has 2 aliphatic heterocycles. The topological polar surface area (TPSA) is 77.8 Å². The normalized spacial score (nSPS) is 21.6. The van der Waals surface area contributed by atoms with Crippen molar-refractivity contribution in [3.8, 4) is 11.5 Å². The number of methoxy groups -OCH3 is 2. The Kier molecular flexibility index (Phi) is 6.81. The van der Waals surface area contributed by atoms with Gasteiger partial charge in [0.05, 0.1) is 26.9 Å². The van der Waals surface area contributed by atoms with Gasteiger partial charge in [0.2, 0.25) is 0 Å². The summed E-state index contributed by atoms with van der Waals surface area (Å²) in [7, 11) is 3.38. The Morgan fingerprint density at radius 2 is 2.00 bits per heavy atom. The standard InChI is InChI=1S/C21H32N6O3/c1-4-25-9-11-26(12-10-25)20(18-14-16(28-2)7-8-19(18)29-3)21-22-23-24-27(21)15-17-6-5-13-30-17/h7-8,14,17,20H,4-6,9-13,15H2,1-3H3/t17-,20+/m0/s1. The number of rotatable bonds is 8. The number of hydrogen-bond acceptors (Lipinski definition) is 8. The number of ether oxygens (including phenoxy) is 3. The predicted molar refractivity (Wildman–Crippen MR) is 112 cm³/mol. The zero-order chi connectivity index (χ0) is 20.9. The minimum absolute atomic E-state index is 0.120. The Balaban J connectivity index is 1.71. The van der Waals surface area contributed by atoms with Crippen LogP contribution in [0.4, 0.5) is 0 Å². The SMILES string of the molecule is CCN1CCN([C@H](c2cc(OC)ccc2OC)c2nnnn2C[C@@H]2CCCO2)CC1. The molecule has 4 rings (SSSR count). The van der Waals surface area contributed by atoms with E-state index in [0.29, 0.717) is 6.54 Å². The van der Waals surface area contributed by atoms with Crippen molar-refractivity contribution in [1.29, 1.82) is 0 Å². The zero-order valence-electron chi connectivity index (χ0n) is 18.2. The lowest BCUT2D eigenvalue weighted by molar-refractivity contribution is 0.0858. The molecule has 2 saturated heterocycles. The van der Waals surface area contributed by atoms with E-state index in [-0.39, 0.29) is 12.1 Å². The highest BCUT2D eigenvalue weighted by Crippen LogP contribution is 2.36. The van der Waals surface area contributed by atoms with Crippen LogP contribution in [0.3, 0.4) is 0 Å². The Bertz CT molecular complexity index is 815. The molecular formula is C21H32N6O3. The smallest absolute Gasteiger partial charge is 0.173 e. The molecule has 0 saturated carbocycles. The summed E-state index contributed by atoms with van der Waals surface area (Å²) in [6.07, 6.45) is 2.30. The third-order valence-electron chi connectivity index (χ3n) is 6.16. The molecule has 2 aliphatic rings. The molecule has 9 nitrogen and oxygen atoms in total. The van der Waals surface area contributed by atoms with Gasteiger partial charge >= 0.3 is 0 Å². The van der Waals surface area contributed by atoms with Crippen molar-refractivity contribution in [2.45, 2.75) is 38.5 Å². The minimum Gasteiger partial charge on any atom is -0.497 e. The van der Waals surface area contributed by atoms with Gasteiger partial charge in [0, 0.05) is 38.3 Å². The monoisotopic (exact) mass is 416 g/mol. The van der Waals surface area contributed by atoms with Crippen molar-refractivity contribution in [1.82, 2.24) is 30.0 Å². The average molecular weight is 417 g/mol. The molecule has 0 bridgehead atoms. The van der Waals surface area contributed by atoms with E-state index in [0.717, 1.165) is 75.1 Å². The fourth-order valence-electron chi connectivity index (χ4n) is 4.41. The molecule has 30 heavy (non-hydrogen) atoms. The van der Waals surface area contributed by atoms with Gasteiger partial charge in [-0.25, -0.2) is 4.68 Å². The van der Waals surface area contributed by atoms with Crippen molar-refractivity contribution in [3.63, 3.8) is 0 Å². The van der Waals surface area contributed by atoms with Gasteiger partial charge in [-0.15, -0.1) is 5.10 Å². The first-order valence-electron chi connectivity index (χ1n) is 10.8. The van der Waals surface area contributed by atoms with Crippen molar-refractivity contribution >= 4 is 0 Å². The molecule has 0 amide bonds. The molecule has 0 N–H and O–H groups in total.